The van der Waals surface area contributed by atoms with E-state index in [0.29, 0.717) is 6.54 Å². The lowest BCUT2D eigenvalue weighted by molar-refractivity contribution is 0.151. The highest BCUT2D eigenvalue weighted by Gasteiger charge is 2.08. The molecule has 0 spiro atoms. The zero-order valence-electron chi connectivity index (χ0n) is 10.7. The van der Waals surface area contributed by atoms with Gasteiger partial charge in [-0.2, -0.15) is 0 Å². The van der Waals surface area contributed by atoms with E-state index in [4.69, 9.17) is 0 Å². The lowest BCUT2D eigenvalue weighted by atomic mass is 10.1. The second kappa shape index (κ2) is 6.38. The zero-order chi connectivity index (χ0) is 13.7. The number of hydrogen-bond acceptors (Lipinski definition) is 2. The van der Waals surface area contributed by atoms with Crippen molar-refractivity contribution in [2.75, 3.05) is 0 Å². The maximum absolute atomic E-state index is 12.6. The largest absolute Gasteiger partial charge is 0.306 e. The molecule has 0 saturated heterocycles. The molecule has 0 amide bonds. The third kappa shape index (κ3) is 3.83. The topological polar surface area (TPSA) is 24.9 Å². The summed E-state index contributed by atoms with van der Waals surface area (Å²) in [5.74, 6) is 0. The Morgan fingerprint density at radius 2 is 1.84 bits per heavy atom. The van der Waals surface area contributed by atoms with Crippen LogP contribution in [0.25, 0.3) is 0 Å². The molecule has 1 N–H and O–H groups in total. The first-order valence-electron chi connectivity index (χ1n) is 6.17. The van der Waals surface area contributed by atoms with E-state index in [1.54, 1.807) is 18.5 Å². The number of alkyl halides is 2. The van der Waals surface area contributed by atoms with E-state index in [2.05, 4.69) is 10.3 Å². The van der Waals surface area contributed by atoms with E-state index >= 15 is 0 Å². The van der Waals surface area contributed by atoms with Gasteiger partial charge in [0.05, 0.1) is 0 Å². The molecule has 2 rings (SSSR count). The number of nitrogens with one attached hydrogen (secondary N) is 1. The van der Waals surface area contributed by atoms with Gasteiger partial charge < -0.3 is 5.32 Å². The molecule has 1 aromatic heterocycles. The van der Waals surface area contributed by atoms with Gasteiger partial charge in [-0.25, -0.2) is 8.78 Å². The van der Waals surface area contributed by atoms with Crippen molar-refractivity contribution >= 4 is 0 Å². The first-order valence-corrected chi connectivity index (χ1v) is 6.17. The number of pyridine rings is 1. The van der Waals surface area contributed by atoms with Crippen LogP contribution in [0.1, 0.15) is 36.1 Å². The van der Waals surface area contributed by atoms with Gasteiger partial charge >= 0.3 is 0 Å². The number of halogens is 2. The van der Waals surface area contributed by atoms with Gasteiger partial charge in [0, 0.05) is 30.5 Å². The Balaban J connectivity index is 1.97. The fourth-order valence-electron chi connectivity index (χ4n) is 1.88. The molecule has 0 aliphatic heterocycles. The van der Waals surface area contributed by atoms with Crippen LogP contribution in [0.5, 0.6) is 0 Å². The van der Waals surface area contributed by atoms with E-state index < -0.39 is 6.43 Å². The Morgan fingerprint density at radius 1 is 1.11 bits per heavy atom. The molecule has 2 aromatic rings. The number of nitrogens with zero attached hydrogens (tertiary/aromatic N) is 1. The average Bonchev–Trinajstić information content (AvgIpc) is 2.46. The Kier molecular flexibility index (Phi) is 4.58. The molecule has 0 saturated carbocycles. The van der Waals surface area contributed by atoms with Crippen molar-refractivity contribution in [3.05, 3.63) is 65.5 Å². The van der Waals surface area contributed by atoms with Gasteiger partial charge in [-0.1, -0.05) is 18.2 Å². The molecular weight excluding hydrogens is 246 g/mol. The summed E-state index contributed by atoms with van der Waals surface area (Å²) in [4.78, 5) is 3.97. The van der Waals surface area contributed by atoms with Crippen LogP contribution in [0, 0.1) is 0 Å². The number of aromatic nitrogens is 1. The summed E-state index contributed by atoms with van der Waals surface area (Å²) in [6.45, 7) is 2.59. The SMILES string of the molecule is CC(NCc1cccc(C(F)F)c1)c1ccncc1. The van der Waals surface area contributed by atoms with Gasteiger partial charge in [0.2, 0.25) is 0 Å². The lowest BCUT2D eigenvalue weighted by Gasteiger charge is -2.14. The summed E-state index contributed by atoms with van der Waals surface area (Å²) >= 11 is 0. The first kappa shape index (κ1) is 13.6. The van der Waals surface area contributed by atoms with E-state index in [1.165, 1.54) is 12.1 Å². The van der Waals surface area contributed by atoms with Crippen LogP contribution >= 0.6 is 0 Å². The van der Waals surface area contributed by atoms with Gasteiger partial charge in [0.15, 0.2) is 0 Å². The van der Waals surface area contributed by atoms with Crippen molar-refractivity contribution in [1.82, 2.24) is 10.3 Å². The van der Waals surface area contributed by atoms with Crippen molar-refractivity contribution in [1.29, 1.82) is 0 Å². The molecule has 2 nitrogen and oxygen atoms in total. The van der Waals surface area contributed by atoms with E-state index in [0.717, 1.165) is 11.1 Å². The number of hydrogen-bond donors (Lipinski definition) is 1. The van der Waals surface area contributed by atoms with Crippen molar-refractivity contribution in [2.45, 2.75) is 25.9 Å². The van der Waals surface area contributed by atoms with E-state index in [9.17, 15) is 8.78 Å². The van der Waals surface area contributed by atoms with Crippen LogP contribution in [0.15, 0.2) is 48.8 Å². The smallest absolute Gasteiger partial charge is 0.263 e. The lowest BCUT2D eigenvalue weighted by Crippen LogP contribution is -2.18. The summed E-state index contributed by atoms with van der Waals surface area (Å²) < 4.78 is 25.2. The highest BCUT2D eigenvalue weighted by atomic mass is 19.3. The Morgan fingerprint density at radius 3 is 2.53 bits per heavy atom. The second-order valence-corrected chi connectivity index (χ2v) is 4.43. The third-order valence-corrected chi connectivity index (χ3v) is 3.02. The molecule has 1 aromatic carbocycles. The average molecular weight is 262 g/mol. The highest BCUT2D eigenvalue weighted by molar-refractivity contribution is 5.24. The molecule has 0 fully saturated rings. The molecular formula is C15H16F2N2. The Labute approximate surface area is 111 Å². The maximum atomic E-state index is 12.6. The molecule has 19 heavy (non-hydrogen) atoms. The zero-order valence-corrected chi connectivity index (χ0v) is 10.7. The predicted molar refractivity (Wildman–Crippen MR) is 70.9 cm³/mol. The minimum Gasteiger partial charge on any atom is -0.306 e. The molecule has 0 bridgehead atoms. The first-order chi connectivity index (χ1) is 9.16. The molecule has 100 valence electrons. The summed E-state index contributed by atoms with van der Waals surface area (Å²) in [7, 11) is 0. The molecule has 0 aliphatic rings. The van der Waals surface area contributed by atoms with Crippen LogP contribution < -0.4 is 5.32 Å². The van der Waals surface area contributed by atoms with E-state index in [-0.39, 0.29) is 11.6 Å². The Hall–Kier alpha value is -1.81. The van der Waals surface area contributed by atoms with Gasteiger partial charge in [-0.05, 0) is 36.2 Å². The minimum atomic E-state index is -2.42. The van der Waals surface area contributed by atoms with Crippen LogP contribution in [0.4, 0.5) is 8.78 Å². The van der Waals surface area contributed by atoms with Crippen molar-refractivity contribution in [3.8, 4) is 0 Å². The van der Waals surface area contributed by atoms with Gasteiger partial charge in [0.1, 0.15) is 0 Å². The van der Waals surface area contributed by atoms with Crippen LogP contribution in [-0.4, -0.2) is 4.98 Å². The van der Waals surface area contributed by atoms with Crippen LogP contribution in [-0.2, 0) is 6.54 Å². The van der Waals surface area contributed by atoms with Crippen molar-refractivity contribution < 1.29 is 8.78 Å². The summed E-state index contributed by atoms with van der Waals surface area (Å²) in [6, 6.07) is 10.5. The van der Waals surface area contributed by atoms with Gasteiger partial charge in [0.25, 0.3) is 6.43 Å². The maximum Gasteiger partial charge on any atom is 0.263 e. The molecule has 0 radical (unpaired) electrons. The number of rotatable bonds is 5. The monoisotopic (exact) mass is 262 g/mol. The van der Waals surface area contributed by atoms with Crippen molar-refractivity contribution in [3.63, 3.8) is 0 Å². The predicted octanol–water partition coefficient (Wildman–Crippen LogP) is 3.87. The minimum absolute atomic E-state index is 0.0656. The summed E-state index contributed by atoms with van der Waals surface area (Å²) in [6.07, 6.45) is 1.06. The van der Waals surface area contributed by atoms with Crippen LogP contribution in [0.3, 0.4) is 0 Å². The molecule has 1 unspecified atom stereocenters. The fraction of sp³-hybridized carbons (Fsp3) is 0.267. The highest BCUT2D eigenvalue weighted by Crippen LogP contribution is 2.20. The molecule has 0 aliphatic carbocycles. The second-order valence-electron chi connectivity index (χ2n) is 4.43. The molecule has 1 atom stereocenters. The molecule has 4 heteroatoms. The fourth-order valence-corrected chi connectivity index (χ4v) is 1.88. The van der Waals surface area contributed by atoms with Crippen molar-refractivity contribution in [2.24, 2.45) is 0 Å². The quantitative estimate of drug-likeness (QED) is 0.884. The molecule has 1 heterocycles. The Bertz CT molecular complexity index is 515. The normalized spacial score (nSPS) is 12.6. The third-order valence-electron chi connectivity index (χ3n) is 3.02. The van der Waals surface area contributed by atoms with E-state index in [1.807, 2.05) is 25.1 Å². The summed E-state index contributed by atoms with van der Waals surface area (Å²) in [5.41, 5.74) is 2.05. The van der Waals surface area contributed by atoms with Gasteiger partial charge in [-0.3, -0.25) is 4.98 Å². The standard InChI is InChI=1S/C15H16F2N2/c1-11(13-5-7-18-8-6-13)19-10-12-3-2-4-14(9-12)15(16)17/h2-9,11,15,19H,10H2,1H3. The van der Waals surface area contributed by atoms with Gasteiger partial charge in [-0.15, -0.1) is 0 Å². The number of benzene rings is 1. The van der Waals surface area contributed by atoms with Crippen LogP contribution in [0.2, 0.25) is 0 Å². The summed E-state index contributed by atoms with van der Waals surface area (Å²) in [5, 5.41) is 3.31.